The minimum absolute atomic E-state index is 0.320. The minimum atomic E-state index is 0.320. The Morgan fingerprint density at radius 2 is 2.53 bits per heavy atom. The molecular weight excluding hydrogens is 242 g/mol. The zero-order valence-corrected chi connectivity index (χ0v) is 10.5. The van der Waals surface area contributed by atoms with Crippen molar-refractivity contribution in [2.24, 2.45) is 5.92 Å². The summed E-state index contributed by atoms with van der Waals surface area (Å²) in [6.45, 7) is 2.57. The van der Waals surface area contributed by atoms with Crippen LogP contribution in [-0.2, 0) is 4.74 Å². The third-order valence-corrected chi connectivity index (χ3v) is 3.05. The van der Waals surface area contributed by atoms with Crippen LogP contribution < -0.4 is 10.1 Å². The Kier molecular flexibility index (Phi) is 4.39. The smallest absolute Gasteiger partial charge is 0.318 e. The van der Waals surface area contributed by atoms with Crippen LogP contribution in [0.3, 0.4) is 0 Å². The molecule has 0 aromatic carbocycles. The normalized spacial score (nSPS) is 19.3. The average molecular weight is 258 g/mol. The van der Waals surface area contributed by atoms with Gasteiger partial charge in [-0.1, -0.05) is 11.6 Å². The van der Waals surface area contributed by atoms with Gasteiger partial charge >= 0.3 is 6.01 Å². The van der Waals surface area contributed by atoms with Gasteiger partial charge in [-0.2, -0.15) is 4.98 Å². The van der Waals surface area contributed by atoms with E-state index in [-0.39, 0.29) is 0 Å². The Morgan fingerprint density at radius 3 is 3.24 bits per heavy atom. The van der Waals surface area contributed by atoms with E-state index in [0.29, 0.717) is 22.8 Å². The maximum absolute atomic E-state index is 5.98. The Morgan fingerprint density at radius 1 is 1.65 bits per heavy atom. The number of halogens is 1. The zero-order chi connectivity index (χ0) is 12.1. The van der Waals surface area contributed by atoms with Crippen molar-refractivity contribution in [1.82, 2.24) is 9.97 Å². The molecule has 1 fully saturated rings. The molecule has 2 rings (SSSR count). The molecule has 0 amide bonds. The number of methoxy groups -OCH3 is 1. The van der Waals surface area contributed by atoms with E-state index in [0.717, 1.165) is 32.6 Å². The van der Waals surface area contributed by atoms with E-state index in [1.807, 2.05) is 0 Å². The maximum Gasteiger partial charge on any atom is 0.318 e. The summed E-state index contributed by atoms with van der Waals surface area (Å²) in [5.74, 6) is 1.27. The number of hydrogen-bond acceptors (Lipinski definition) is 5. The monoisotopic (exact) mass is 257 g/mol. The highest BCUT2D eigenvalue weighted by atomic mass is 35.5. The summed E-state index contributed by atoms with van der Waals surface area (Å²) in [5.41, 5.74) is 0. The molecule has 17 heavy (non-hydrogen) atoms. The van der Waals surface area contributed by atoms with E-state index in [9.17, 15) is 0 Å². The van der Waals surface area contributed by atoms with Crippen LogP contribution in [0.4, 0.5) is 5.82 Å². The topological polar surface area (TPSA) is 56.3 Å². The van der Waals surface area contributed by atoms with Crippen molar-refractivity contribution in [2.45, 2.75) is 12.8 Å². The quantitative estimate of drug-likeness (QED) is 0.874. The van der Waals surface area contributed by atoms with Crippen molar-refractivity contribution >= 4 is 17.4 Å². The van der Waals surface area contributed by atoms with E-state index in [4.69, 9.17) is 21.1 Å². The first-order valence-electron chi connectivity index (χ1n) is 5.67. The lowest BCUT2D eigenvalue weighted by Gasteiger charge is -2.10. The number of aromatic nitrogens is 2. The molecule has 0 aliphatic carbocycles. The van der Waals surface area contributed by atoms with E-state index >= 15 is 0 Å². The second-order valence-corrected chi connectivity index (χ2v) is 4.41. The molecule has 1 atom stereocenters. The summed E-state index contributed by atoms with van der Waals surface area (Å²) in [4.78, 5) is 8.06. The number of nitrogens with zero attached hydrogens (tertiary/aromatic N) is 2. The van der Waals surface area contributed by atoms with Gasteiger partial charge in [0.05, 0.1) is 13.3 Å². The van der Waals surface area contributed by atoms with Crippen molar-refractivity contribution in [1.29, 1.82) is 0 Å². The van der Waals surface area contributed by atoms with Crippen molar-refractivity contribution in [3.63, 3.8) is 0 Å². The Bertz CT molecular complexity index is 370. The van der Waals surface area contributed by atoms with Crippen molar-refractivity contribution in [2.75, 3.05) is 32.2 Å². The number of nitrogens with one attached hydrogen (secondary N) is 1. The van der Waals surface area contributed by atoms with E-state index in [1.165, 1.54) is 13.3 Å². The fourth-order valence-electron chi connectivity index (χ4n) is 1.78. The summed E-state index contributed by atoms with van der Waals surface area (Å²) in [6.07, 6.45) is 3.74. The second-order valence-electron chi connectivity index (χ2n) is 4.00. The third-order valence-electron chi connectivity index (χ3n) is 2.77. The minimum Gasteiger partial charge on any atom is -0.467 e. The van der Waals surface area contributed by atoms with Gasteiger partial charge in [-0.15, -0.1) is 0 Å². The van der Waals surface area contributed by atoms with Crippen LogP contribution in [0.25, 0.3) is 0 Å². The standard InChI is InChI=1S/C11H16ClN3O2/c1-16-11-14-6-9(12)10(15-11)13-4-2-8-3-5-17-7-8/h6,8H,2-5,7H2,1H3,(H,13,14,15). The number of rotatable bonds is 5. The highest BCUT2D eigenvalue weighted by Gasteiger charge is 2.15. The number of anilines is 1. The van der Waals surface area contributed by atoms with Crippen molar-refractivity contribution < 1.29 is 9.47 Å². The third kappa shape index (κ3) is 3.44. The van der Waals surface area contributed by atoms with Gasteiger partial charge in [0, 0.05) is 19.8 Å². The molecule has 2 heterocycles. The van der Waals surface area contributed by atoms with Gasteiger partial charge < -0.3 is 14.8 Å². The molecule has 94 valence electrons. The van der Waals surface area contributed by atoms with Crippen molar-refractivity contribution in [3.8, 4) is 6.01 Å². The lowest BCUT2D eigenvalue weighted by molar-refractivity contribution is 0.185. The van der Waals surface area contributed by atoms with Crippen molar-refractivity contribution in [3.05, 3.63) is 11.2 Å². The molecule has 1 aromatic heterocycles. The molecule has 0 spiro atoms. The lowest BCUT2D eigenvalue weighted by atomic mass is 10.1. The lowest BCUT2D eigenvalue weighted by Crippen LogP contribution is -2.10. The van der Waals surface area contributed by atoms with Crippen LogP contribution in [0.2, 0.25) is 5.02 Å². The molecule has 5 nitrogen and oxygen atoms in total. The summed E-state index contributed by atoms with van der Waals surface area (Å²) < 4.78 is 10.3. The van der Waals surface area contributed by atoms with E-state index < -0.39 is 0 Å². The molecule has 1 aliphatic heterocycles. The molecule has 0 bridgehead atoms. The molecule has 1 N–H and O–H groups in total. The predicted molar refractivity (Wildman–Crippen MR) is 65.6 cm³/mol. The average Bonchev–Trinajstić information content (AvgIpc) is 2.84. The first-order chi connectivity index (χ1) is 8.29. The fraction of sp³-hybridized carbons (Fsp3) is 0.636. The number of hydrogen-bond donors (Lipinski definition) is 1. The van der Waals surface area contributed by atoms with Crippen LogP contribution in [0, 0.1) is 5.92 Å². The van der Waals surface area contributed by atoms with Crippen LogP contribution in [-0.4, -0.2) is 36.8 Å². The molecule has 0 radical (unpaired) electrons. The van der Waals surface area contributed by atoms with Crippen LogP contribution in [0.5, 0.6) is 6.01 Å². The zero-order valence-electron chi connectivity index (χ0n) is 9.78. The summed E-state index contributed by atoms with van der Waals surface area (Å²) in [7, 11) is 1.53. The highest BCUT2D eigenvalue weighted by Crippen LogP contribution is 2.21. The Hall–Kier alpha value is -1.07. The second kappa shape index (κ2) is 6.02. The largest absolute Gasteiger partial charge is 0.467 e. The van der Waals surface area contributed by atoms with E-state index in [1.54, 1.807) is 0 Å². The van der Waals surface area contributed by atoms with Gasteiger partial charge in [0.15, 0.2) is 5.82 Å². The summed E-state index contributed by atoms with van der Waals surface area (Å²) >= 11 is 5.98. The van der Waals surface area contributed by atoms with Gasteiger partial charge in [0.2, 0.25) is 0 Å². The molecule has 0 saturated carbocycles. The first-order valence-corrected chi connectivity index (χ1v) is 6.05. The van der Waals surface area contributed by atoms with Gasteiger partial charge in [0.1, 0.15) is 5.02 Å². The van der Waals surface area contributed by atoms with Crippen LogP contribution >= 0.6 is 11.6 Å². The molecule has 6 heteroatoms. The summed E-state index contributed by atoms with van der Waals surface area (Å²) in [6, 6.07) is 0.320. The van der Waals surface area contributed by atoms with Crippen LogP contribution in [0.15, 0.2) is 6.20 Å². The van der Waals surface area contributed by atoms with Gasteiger partial charge in [-0.05, 0) is 18.8 Å². The maximum atomic E-state index is 5.98. The Labute approximate surface area is 105 Å². The SMILES string of the molecule is COc1ncc(Cl)c(NCCC2CCOC2)n1. The fourth-order valence-corrected chi connectivity index (χ4v) is 1.94. The molecule has 1 unspecified atom stereocenters. The summed E-state index contributed by atoms with van der Waals surface area (Å²) in [5, 5.41) is 3.70. The molecule has 1 aliphatic rings. The van der Waals surface area contributed by atoms with E-state index in [2.05, 4.69) is 15.3 Å². The molecule has 1 aromatic rings. The van der Waals surface area contributed by atoms with Gasteiger partial charge in [-0.3, -0.25) is 0 Å². The predicted octanol–water partition coefficient (Wildman–Crippen LogP) is 1.98. The van der Waals surface area contributed by atoms with Gasteiger partial charge in [0.25, 0.3) is 0 Å². The molecule has 1 saturated heterocycles. The number of ether oxygens (including phenoxy) is 2. The highest BCUT2D eigenvalue weighted by molar-refractivity contribution is 6.32. The molecular formula is C11H16ClN3O2. The first kappa shape index (κ1) is 12.4. The Balaban J connectivity index is 1.84. The van der Waals surface area contributed by atoms with Gasteiger partial charge in [-0.25, -0.2) is 4.98 Å². The van der Waals surface area contributed by atoms with Crippen LogP contribution in [0.1, 0.15) is 12.8 Å².